The third kappa shape index (κ3) is 4.64. The van der Waals surface area contributed by atoms with Gasteiger partial charge >= 0.3 is 0 Å². The highest BCUT2D eigenvalue weighted by atomic mass is 35.5. The third-order valence-corrected chi connectivity index (χ3v) is 3.42. The van der Waals surface area contributed by atoms with Gasteiger partial charge in [0, 0.05) is 23.2 Å². The van der Waals surface area contributed by atoms with Gasteiger partial charge in [0.25, 0.3) is 0 Å². The van der Waals surface area contributed by atoms with E-state index >= 15 is 0 Å². The predicted molar refractivity (Wildman–Crippen MR) is 76.4 cm³/mol. The Morgan fingerprint density at radius 3 is 2.95 bits per heavy atom. The summed E-state index contributed by atoms with van der Waals surface area (Å²) in [5, 5.41) is 6.41. The molecule has 106 valence electrons. The largest absolute Gasteiger partial charge is 0.352 e. The van der Waals surface area contributed by atoms with Crippen LogP contribution in [0.5, 0.6) is 0 Å². The normalized spacial score (nSPS) is 18.5. The second-order valence-electron chi connectivity index (χ2n) is 4.49. The lowest BCUT2D eigenvalue weighted by Crippen LogP contribution is -2.46. The summed E-state index contributed by atoms with van der Waals surface area (Å²) in [6, 6.07) is 4.58. The maximum absolute atomic E-state index is 13.5. The van der Waals surface area contributed by atoms with E-state index in [0.717, 1.165) is 25.9 Å². The molecular weight excluding hydrogens is 290 g/mol. The quantitative estimate of drug-likeness (QED) is 0.900. The standard InChI is InChI=1S/C13H16ClFN2O.ClH/c14-11-4-1-5-12(15)10(11)7-13(18)17-9-3-2-6-16-8-9;/h1,4-5,9,16H,2-3,6-8H2,(H,17,18);1H/t9-;/m1./s1. The number of benzene rings is 1. The number of amides is 1. The van der Waals surface area contributed by atoms with E-state index in [9.17, 15) is 9.18 Å². The van der Waals surface area contributed by atoms with Crippen LogP contribution in [0, 0.1) is 5.82 Å². The SMILES string of the molecule is Cl.O=C(Cc1c(F)cccc1Cl)N[C@@H]1CCCNC1. The van der Waals surface area contributed by atoms with Crippen molar-refractivity contribution in [2.24, 2.45) is 0 Å². The average molecular weight is 307 g/mol. The van der Waals surface area contributed by atoms with Crippen LogP contribution < -0.4 is 10.6 Å². The zero-order valence-corrected chi connectivity index (χ0v) is 12.0. The summed E-state index contributed by atoms with van der Waals surface area (Å²) >= 11 is 5.88. The fraction of sp³-hybridized carbons (Fsp3) is 0.462. The van der Waals surface area contributed by atoms with Crippen molar-refractivity contribution in [1.29, 1.82) is 0 Å². The van der Waals surface area contributed by atoms with E-state index in [1.165, 1.54) is 12.1 Å². The van der Waals surface area contributed by atoms with Gasteiger partial charge in [0.2, 0.25) is 5.91 Å². The molecule has 19 heavy (non-hydrogen) atoms. The lowest BCUT2D eigenvalue weighted by Gasteiger charge is -2.23. The van der Waals surface area contributed by atoms with Crippen LogP contribution in [0.1, 0.15) is 18.4 Å². The topological polar surface area (TPSA) is 41.1 Å². The lowest BCUT2D eigenvalue weighted by molar-refractivity contribution is -0.121. The van der Waals surface area contributed by atoms with Gasteiger partial charge < -0.3 is 10.6 Å². The molecule has 1 aromatic rings. The van der Waals surface area contributed by atoms with Crippen molar-refractivity contribution in [3.8, 4) is 0 Å². The Hall–Kier alpha value is -0.840. The first-order valence-electron chi connectivity index (χ1n) is 6.10. The predicted octanol–water partition coefficient (Wildman–Crippen LogP) is 2.31. The Bertz CT molecular complexity index is 416. The Morgan fingerprint density at radius 1 is 1.53 bits per heavy atom. The van der Waals surface area contributed by atoms with Gasteiger partial charge in [-0.05, 0) is 31.5 Å². The van der Waals surface area contributed by atoms with Gasteiger partial charge in [-0.2, -0.15) is 0 Å². The van der Waals surface area contributed by atoms with Crippen molar-refractivity contribution in [2.75, 3.05) is 13.1 Å². The molecule has 2 rings (SSSR count). The first-order chi connectivity index (χ1) is 8.66. The zero-order valence-electron chi connectivity index (χ0n) is 10.4. The molecule has 0 saturated carbocycles. The van der Waals surface area contributed by atoms with E-state index in [0.29, 0.717) is 5.02 Å². The first kappa shape index (κ1) is 16.2. The van der Waals surface area contributed by atoms with Crippen LogP contribution in [0.15, 0.2) is 18.2 Å². The van der Waals surface area contributed by atoms with Gasteiger partial charge in [0.15, 0.2) is 0 Å². The van der Waals surface area contributed by atoms with E-state index in [1.54, 1.807) is 6.07 Å². The monoisotopic (exact) mass is 306 g/mol. The van der Waals surface area contributed by atoms with Gasteiger partial charge in [-0.25, -0.2) is 4.39 Å². The number of hydrogen-bond acceptors (Lipinski definition) is 2. The highest BCUT2D eigenvalue weighted by Gasteiger charge is 2.17. The summed E-state index contributed by atoms with van der Waals surface area (Å²) in [6.45, 7) is 1.77. The molecule has 2 N–H and O–H groups in total. The number of carbonyl (C=O) groups excluding carboxylic acids is 1. The molecule has 6 heteroatoms. The summed E-state index contributed by atoms with van der Waals surface area (Å²) in [4.78, 5) is 11.8. The maximum Gasteiger partial charge on any atom is 0.224 e. The first-order valence-corrected chi connectivity index (χ1v) is 6.47. The molecule has 0 aliphatic carbocycles. The molecule has 0 spiro atoms. The highest BCUT2D eigenvalue weighted by Crippen LogP contribution is 2.19. The molecule has 1 aliphatic heterocycles. The number of piperidine rings is 1. The van der Waals surface area contributed by atoms with Crippen molar-refractivity contribution in [2.45, 2.75) is 25.3 Å². The number of rotatable bonds is 3. The van der Waals surface area contributed by atoms with Crippen molar-refractivity contribution in [3.63, 3.8) is 0 Å². The van der Waals surface area contributed by atoms with Gasteiger partial charge in [0.05, 0.1) is 6.42 Å². The van der Waals surface area contributed by atoms with Crippen molar-refractivity contribution >= 4 is 29.9 Å². The molecule has 3 nitrogen and oxygen atoms in total. The molecule has 1 saturated heterocycles. The van der Waals surface area contributed by atoms with E-state index < -0.39 is 5.82 Å². The van der Waals surface area contributed by atoms with Crippen molar-refractivity contribution < 1.29 is 9.18 Å². The second-order valence-corrected chi connectivity index (χ2v) is 4.89. The minimum atomic E-state index is -0.431. The van der Waals surface area contributed by atoms with Crippen LogP contribution in [0.3, 0.4) is 0 Å². The van der Waals surface area contributed by atoms with Crippen LogP contribution in [0.4, 0.5) is 4.39 Å². The Morgan fingerprint density at radius 2 is 2.32 bits per heavy atom. The van der Waals surface area contributed by atoms with E-state index in [4.69, 9.17) is 11.6 Å². The molecule has 1 aromatic carbocycles. The van der Waals surface area contributed by atoms with Crippen LogP contribution in [-0.4, -0.2) is 25.0 Å². The zero-order chi connectivity index (χ0) is 13.0. The summed E-state index contributed by atoms with van der Waals surface area (Å²) in [6.07, 6.45) is 2.00. The Labute approximate surface area is 123 Å². The third-order valence-electron chi connectivity index (χ3n) is 3.06. The molecule has 0 aromatic heterocycles. The fourth-order valence-corrected chi connectivity index (χ4v) is 2.35. The number of carbonyl (C=O) groups is 1. The van der Waals surface area contributed by atoms with E-state index in [2.05, 4.69) is 10.6 Å². The molecule has 0 radical (unpaired) electrons. The smallest absolute Gasteiger partial charge is 0.224 e. The lowest BCUT2D eigenvalue weighted by atomic mass is 10.1. The molecule has 1 amide bonds. The number of halogens is 3. The number of nitrogens with one attached hydrogen (secondary N) is 2. The Kier molecular flexibility index (Phi) is 6.55. The maximum atomic E-state index is 13.5. The second kappa shape index (κ2) is 7.68. The van der Waals surface area contributed by atoms with E-state index in [1.807, 2.05) is 0 Å². The molecule has 0 bridgehead atoms. The summed E-state index contributed by atoms with van der Waals surface area (Å²) < 4.78 is 13.5. The van der Waals surface area contributed by atoms with Gasteiger partial charge in [-0.3, -0.25) is 4.79 Å². The molecule has 1 atom stereocenters. The molecule has 1 fully saturated rings. The van der Waals surface area contributed by atoms with Gasteiger partial charge in [-0.15, -0.1) is 12.4 Å². The van der Waals surface area contributed by atoms with Crippen molar-refractivity contribution in [1.82, 2.24) is 10.6 Å². The fourth-order valence-electron chi connectivity index (χ4n) is 2.12. The minimum absolute atomic E-state index is 0. The van der Waals surface area contributed by atoms with Crippen molar-refractivity contribution in [3.05, 3.63) is 34.6 Å². The minimum Gasteiger partial charge on any atom is -0.352 e. The average Bonchev–Trinajstić information content (AvgIpc) is 2.35. The molecule has 0 unspecified atom stereocenters. The van der Waals surface area contributed by atoms with Crippen LogP contribution >= 0.6 is 24.0 Å². The number of hydrogen-bond donors (Lipinski definition) is 2. The molecule has 1 aliphatic rings. The van der Waals surface area contributed by atoms with Gasteiger partial charge in [0.1, 0.15) is 5.82 Å². The molecular formula is C13H17Cl2FN2O. The van der Waals surface area contributed by atoms with Gasteiger partial charge in [-0.1, -0.05) is 17.7 Å². The Balaban J connectivity index is 0.00000180. The summed E-state index contributed by atoms with van der Waals surface area (Å²) in [5.41, 5.74) is 0.264. The van der Waals surface area contributed by atoms with E-state index in [-0.39, 0.29) is 36.3 Å². The van der Waals surface area contributed by atoms with Crippen LogP contribution in [0.25, 0.3) is 0 Å². The highest BCUT2D eigenvalue weighted by molar-refractivity contribution is 6.31. The summed E-state index contributed by atoms with van der Waals surface area (Å²) in [5.74, 6) is -0.616. The van der Waals surface area contributed by atoms with Crippen LogP contribution in [-0.2, 0) is 11.2 Å². The van der Waals surface area contributed by atoms with Crippen LogP contribution in [0.2, 0.25) is 5.02 Å². The molecule has 1 heterocycles. The summed E-state index contributed by atoms with van der Waals surface area (Å²) in [7, 11) is 0.